The number of hydrogen-bond donors (Lipinski definition) is 0. The lowest BCUT2D eigenvalue weighted by Crippen LogP contribution is -2.39. The summed E-state index contributed by atoms with van der Waals surface area (Å²) in [7, 11) is 0. The molecular weight excluding hydrogens is 188 g/mol. The van der Waals surface area contributed by atoms with Gasteiger partial charge in [-0.25, -0.2) is 0 Å². The smallest absolute Gasteiger partial charge is 0.309 e. The summed E-state index contributed by atoms with van der Waals surface area (Å²) >= 11 is 0. The lowest BCUT2D eigenvalue weighted by molar-refractivity contribution is -0.143. The molecule has 82 valence electrons. The third-order valence-corrected chi connectivity index (χ3v) is 4.68. The van der Waals surface area contributed by atoms with Crippen LogP contribution in [0.25, 0.3) is 0 Å². The standard InChI is InChI=1S/C13H18O2/c1-7-3-6-10-11-9(7)5-4-8(2)12(11)15-13(10)14/h4,7,9-12H,3,5-6H2,1-2H3/t7-,9+,10-,11?,12+/m1/s1. The average molecular weight is 206 g/mol. The maximum absolute atomic E-state index is 11.8. The Morgan fingerprint density at radius 3 is 3.00 bits per heavy atom. The van der Waals surface area contributed by atoms with Gasteiger partial charge in [0.05, 0.1) is 5.92 Å². The SMILES string of the molecule is CC1=CC[C@@H]2C3[C@@H](CC[C@H]2C)C(=O)O[C@@H]13. The van der Waals surface area contributed by atoms with E-state index in [9.17, 15) is 4.79 Å². The summed E-state index contributed by atoms with van der Waals surface area (Å²) in [5, 5.41) is 0. The van der Waals surface area contributed by atoms with Crippen LogP contribution in [-0.4, -0.2) is 12.1 Å². The van der Waals surface area contributed by atoms with Crippen molar-refractivity contribution in [2.45, 2.75) is 39.2 Å². The van der Waals surface area contributed by atoms with Crippen LogP contribution in [0, 0.1) is 23.7 Å². The molecule has 2 heteroatoms. The van der Waals surface area contributed by atoms with Crippen molar-refractivity contribution in [3.63, 3.8) is 0 Å². The highest BCUT2D eigenvalue weighted by atomic mass is 16.6. The average Bonchev–Trinajstić information content (AvgIpc) is 2.54. The first kappa shape index (κ1) is 9.44. The van der Waals surface area contributed by atoms with Crippen LogP contribution in [0.15, 0.2) is 11.6 Å². The highest BCUT2D eigenvalue weighted by Gasteiger charge is 2.53. The quantitative estimate of drug-likeness (QED) is 0.449. The fraction of sp³-hybridized carbons (Fsp3) is 0.769. The molecule has 3 rings (SSSR count). The number of rotatable bonds is 0. The Hall–Kier alpha value is -0.790. The number of carbonyl (C=O) groups is 1. The minimum absolute atomic E-state index is 0.0663. The van der Waals surface area contributed by atoms with Gasteiger partial charge in [-0.2, -0.15) is 0 Å². The normalized spacial score (nSPS) is 48.3. The predicted molar refractivity (Wildman–Crippen MR) is 57.1 cm³/mol. The Morgan fingerprint density at radius 1 is 1.40 bits per heavy atom. The number of carbonyl (C=O) groups excluding carboxylic acids is 1. The van der Waals surface area contributed by atoms with E-state index in [0.29, 0.717) is 11.8 Å². The molecule has 1 heterocycles. The zero-order valence-electron chi connectivity index (χ0n) is 9.40. The first-order valence-electron chi connectivity index (χ1n) is 6.05. The monoisotopic (exact) mass is 206 g/mol. The summed E-state index contributed by atoms with van der Waals surface area (Å²) in [6.45, 7) is 4.44. The Balaban J connectivity index is 2.00. The zero-order valence-corrected chi connectivity index (χ0v) is 9.40. The van der Waals surface area contributed by atoms with Crippen LogP contribution in [0.5, 0.6) is 0 Å². The van der Waals surface area contributed by atoms with Gasteiger partial charge in [0.2, 0.25) is 0 Å². The van der Waals surface area contributed by atoms with E-state index in [0.717, 1.165) is 18.8 Å². The van der Waals surface area contributed by atoms with Gasteiger partial charge >= 0.3 is 5.97 Å². The van der Waals surface area contributed by atoms with Crippen LogP contribution in [0.1, 0.15) is 33.1 Å². The van der Waals surface area contributed by atoms with Crippen LogP contribution >= 0.6 is 0 Å². The maximum Gasteiger partial charge on any atom is 0.309 e. The number of allylic oxidation sites excluding steroid dienone is 1. The van der Waals surface area contributed by atoms with Crippen molar-refractivity contribution in [1.82, 2.24) is 0 Å². The summed E-state index contributed by atoms with van der Waals surface area (Å²) in [5.41, 5.74) is 1.28. The molecule has 1 saturated heterocycles. The highest BCUT2D eigenvalue weighted by molar-refractivity contribution is 5.76. The number of ether oxygens (including phenoxy) is 1. The van der Waals surface area contributed by atoms with Gasteiger partial charge in [0.1, 0.15) is 6.10 Å². The summed E-state index contributed by atoms with van der Waals surface area (Å²) in [6.07, 6.45) is 5.79. The zero-order chi connectivity index (χ0) is 10.6. The molecule has 0 aromatic carbocycles. The third kappa shape index (κ3) is 1.20. The van der Waals surface area contributed by atoms with Crippen molar-refractivity contribution in [1.29, 1.82) is 0 Å². The van der Waals surface area contributed by atoms with E-state index < -0.39 is 0 Å². The van der Waals surface area contributed by atoms with Crippen molar-refractivity contribution < 1.29 is 9.53 Å². The van der Waals surface area contributed by atoms with E-state index in [-0.39, 0.29) is 18.0 Å². The Bertz CT molecular complexity index is 331. The summed E-state index contributed by atoms with van der Waals surface area (Å²) < 4.78 is 5.53. The maximum atomic E-state index is 11.8. The molecule has 1 unspecified atom stereocenters. The van der Waals surface area contributed by atoms with Gasteiger partial charge in [0, 0.05) is 5.92 Å². The molecule has 0 radical (unpaired) electrons. The predicted octanol–water partition coefficient (Wildman–Crippen LogP) is 2.54. The lowest BCUT2D eigenvalue weighted by atomic mass is 9.62. The minimum Gasteiger partial charge on any atom is -0.457 e. The van der Waals surface area contributed by atoms with Crippen molar-refractivity contribution >= 4 is 5.97 Å². The van der Waals surface area contributed by atoms with Crippen LogP contribution in [0.2, 0.25) is 0 Å². The highest BCUT2D eigenvalue weighted by Crippen LogP contribution is 2.51. The van der Waals surface area contributed by atoms with E-state index in [4.69, 9.17) is 4.74 Å². The van der Waals surface area contributed by atoms with E-state index >= 15 is 0 Å². The van der Waals surface area contributed by atoms with Crippen molar-refractivity contribution in [3.8, 4) is 0 Å². The second-order valence-electron chi connectivity index (χ2n) is 5.44. The van der Waals surface area contributed by atoms with E-state index in [1.54, 1.807) is 0 Å². The minimum atomic E-state index is 0.0663. The van der Waals surface area contributed by atoms with Gasteiger partial charge in [-0.1, -0.05) is 13.0 Å². The van der Waals surface area contributed by atoms with E-state index in [1.165, 1.54) is 12.0 Å². The largest absolute Gasteiger partial charge is 0.457 e. The molecule has 15 heavy (non-hydrogen) atoms. The Labute approximate surface area is 90.7 Å². The Morgan fingerprint density at radius 2 is 2.20 bits per heavy atom. The molecule has 0 bridgehead atoms. The first-order chi connectivity index (χ1) is 7.18. The second-order valence-corrected chi connectivity index (χ2v) is 5.44. The van der Waals surface area contributed by atoms with Crippen LogP contribution in [-0.2, 0) is 9.53 Å². The topological polar surface area (TPSA) is 26.3 Å². The molecule has 0 amide bonds. The molecule has 5 atom stereocenters. The molecule has 1 aliphatic heterocycles. The molecule has 3 aliphatic rings. The van der Waals surface area contributed by atoms with Crippen LogP contribution in [0.4, 0.5) is 0 Å². The van der Waals surface area contributed by atoms with Crippen molar-refractivity contribution in [2.75, 3.05) is 0 Å². The van der Waals surface area contributed by atoms with Crippen molar-refractivity contribution in [2.24, 2.45) is 23.7 Å². The second kappa shape index (κ2) is 3.10. The number of hydrogen-bond acceptors (Lipinski definition) is 2. The van der Waals surface area contributed by atoms with Crippen LogP contribution in [0.3, 0.4) is 0 Å². The molecule has 0 aromatic heterocycles. The van der Waals surface area contributed by atoms with Crippen LogP contribution < -0.4 is 0 Å². The molecule has 0 spiro atoms. The number of esters is 1. The molecule has 2 aliphatic carbocycles. The summed E-state index contributed by atoms with van der Waals surface area (Å²) in [4.78, 5) is 11.8. The molecule has 2 fully saturated rings. The van der Waals surface area contributed by atoms with E-state index in [1.807, 2.05) is 0 Å². The lowest BCUT2D eigenvalue weighted by Gasteiger charge is -2.40. The van der Waals surface area contributed by atoms with Gasteiger partial charge in [-0.05, 0) is 43.6 Å². The Kier molecular flexibility index (Phi) is 1.95. The summed E-state index contributed by atoms with van der Waals surface area (Å²) in [5.74, 6) is 2.21. The molecule has 1 saturated carbocycles. The van der Waals surface area contributed by atoms with Crippen molar-refractivity contribution in [3.05, 3.63) is 11.6 Å². The first-order valence-corrected chi connectivity index (χ1v) is 6.05. The fourth-order valence-electron chi connectivity index (χ4n) is 3.75. The fourth-order valence-corrected chi connectivity index (χ4v) is 3.75. The molecule has 0 aromatic rings. The van der Waals surface area contributed by atoms with Gasteiger partial charge in [0.15, 0.2) is 0 Å². The van der Waals surface area contributed by atoms with Gasteiger partial charge in [-0.3, -0.25) is 4.79 Å². The molecule has 0 N–H and O–H groups in total. The summed E-state index contributed by atoms with van der Waals surface area (Å²) in [6, 6.07) is 0. The van der Waals surface area contributed by atoms with Gasteiger partial charge < -0.3 is 4.74 Å². The van der Waals surface area contributed by atoms with E-state index in [2.05, 4.69) is 19.9 Å². The molecule has 2 nitrogen and oxygen atoms in total. The van der Waals surface area contributed by atoms with Gasteiger partial charge in [0.25, 0.3) is 0 Å². The third-order valence-electron chi connectivity index (χ3n) is 4.68. The van der Waals surface area contributed by atoms with Gasteiger partial charge in [-0.15, -0.1) is 0 Å². The molecular formula is C13H18O2.